The molecule has 9 heteroatoms. The van der Waals surface area contributed by atoms with Gasteiger partial charge in [0.1, 0.15) is 0 Å². The normalized spacial score (nSPS) is 16.8. The maximum Gasteiger partial charge on any atom is 0.214 e. The largest absolute Gasteiger partial charge is 0.493 e. The van der Waals surface area contributed by atoms with Crippen LogP contribution in [-0.4, -0.2) is 71.4 Å². The molecule has 0 unspecified atom stereocenters. The smallest absolute Gasteiger partial charge is 0.214 e. The Morgan fingerprint density at radius 3 is 2.68 bits per heavy atom. The van der Waals surface area contributed by atoms with Crippen LogP contribution in [0.5, 0.6) is 11.5 Å². The van der Waals surface area contributed by atoms with Crippen molar-refractivity contribution in [2.24, 2.45) is 4.99 Å². The third-order valence-electron chi connectivity index (χ3n) is 4.54. The van der Waals surface area contributed by atoms with Crippen molar-refractivity contribution in [3.63, 3.8) is 0 Å². The van der Waals surface area contributed by atoms with Crippen molar-refractivity contribution >= 4 is 16.0 Å². The van der Waals surface area contributed by atoms with Crippen LogP contribution in [0.1, 0.15) is 25.3 Å². The van der Waals surface area contributed by atoms with Crippen molar-refractivity contribution in [1.82, 2.24) is 14.9 Å². The molecule has 2 rings (SSSR count). The van der Waals surface area contributed by atoms with Crippen LogP contribution in [0.3, 0.4) is 0 Å². The molecule has 0 atom stereocenters. The Balaban J connectivity index is 1.70. The van der Waals surface area contributed by atoms with Crippen molar-refractivity contribution in [3.05, 3.63) is 23.8 Å². The summed E-state index contributed by atoms with van der Waals surface area (Å²) in [7, 11) is 0.304. The number of guanidine groups is 1. The van der Waals surface area contributed by atoms with E-state index < -0.39 is 10.0 Å². The van der Waals surface area contributed by atoms with Gasteiger partial charge in [-0.3, -0.25) is 4.99 Å². The second-order valence-corrected chi connectivity index (χ2v) is 8.60. The van der Waals surface area contributed by atoms with E-state index in [0.717, 1.165) is 30.9 Å². The number of hydrogen-bond donors (Lipinski definition) is 2. The van der Waals surface area contributed by atoms with Gasteiger partial charge in [0.2, 0.25) is 10.0 Å². The van der Waals surface area contributed by atoms with Crippen LogP contribution < -0.4 is 20.1 Å². The van der Waals surface area contributed by atoms with Crippen LogP contribution in [-0.2, 0) is 16.4 Å². The second-order valence-electron chi connectivity index (χ2n) is 6.52. The van der Waals surface area contributed by atoms with Crippen molar-refractivity contribution < 1.29 is 17.9 Å². The SMILES string of the molecule is CCOc1cc(CCCNC(=NC)NCCN2CCCS2(=O)=O)ccc1OC. The topological polar surface area (TPSA) is 92.3 Å². The molecule has 28 heavy (non-hydrogen) atoms. The fourth-order valence-corrected chi connectivity index (χ4v) is 4.64. The van der Waals surface area contributed by atoms with Crippen LogP contribution in [0.4, 0.5) is 0 Å². The van der Waals surface area contributed by atoms with E-state index in [1.54, 1.807) is 14.2 Å². The monoisotopic (exact) mass is 412 g/mol. The second kappa shape index (κ2) is 11.1. The Kier molecular flexibility index (Phi) is 8.85. The quantitative estimate of drug-likeness (QED) is 0.341. The van der Waals surface area contributed by atoms with Gasteiger partial charge in [0.15, 0.2) is 17.5 Å². The highest BCUT2D eigenvalue weighted by molar-refractivity contribution is 7.89. The molecule has 0 spiro atoms. The zero-order valence-electron chi connectivity index (χ0n) is 17.0. The average molecular weight is 413 g/mol. The summed E-state index contributed by atoms with van der Waals surface area (Å²) in [6, 6.07) is 6.00. The van der Waals surface area contributed by atoms with Crippen molar-refractivity contribution in [2.45, 2.75) is 26.2 Å². The van der Waals surface area contributed by atoms with E-state index in [0.29, 0.717) is 38.6 Å². The van der Waals surface area contributed by atoms with Crippen molar-refractivity contribution in [3.8, 4) is 11.5 Å². The highest BCUT2D eigenvalue weighted by Crippen LogP contribution is 2.28. The van der Waals surface area contributed by atoms with Gasteiger partial charge in [-0.05, 0) is 43.9 Å². The lowest BCUT2D eigenvalue weighted by Gasteiger charge is -2.16. The van der Waals surface area contributed by atoms with Gasteiger partial charge in [0.05, 0.1) is 19.5 Å². The van der Waals surface area contributed by atoms with E-state index in [1.807, 2.05) is 25.1 Å². The Bertz CT molecular complexity index is 752. The van der Waals surface area contributed by atoms with E-state index in [4.69, 9.17) is 9.47 Å². The molecule has 0 bridgehead atoms. The molecule has 8 nitrogen and oxygen atoms in total. The molecule has 0 aromatic heterocycles. The molecule has 1 heterocycles. The summed E-state index contributed by atoms with van der Waals surface area (Å²) in [6.45, 7) is 4.93. The van der Waals surface area contributed by atoms with Gasteiger partial charge >= 0.3 is 0 Å². The molecule has 1 aromatic rings. The number of nitrogens with zero attached hydrogens (tertiary/aromatic N) is 2. The molecule has 2 N–H and O–H groups in total. The maximum absolute atomic E-state index is 11.8. The fourth-order valence-electron chi connectivity index (χ4n) is 3.11. The number of ether oxygens (including phenoxy) is 2. The number of benzene rings is 1. The molecule has 1 aromatic carbocycles. The molecule has 0 amide bonds. The number of aliphatic imine (C=N–C) groups is 1. The summed E-state index contributed by atoms with van der Waals surface area (Å²) < 4.78 is 36.0. The summed E-state index contributed by atoms with van der Waals surface area (Å²) in [5, 5.41) is 6.43. The molecular weight excluding hydrogens is 380 g/mol. The Morgan fingerprint density at radius 2 is 2.04 bits per heavy atom. The lowest BCUT2D eigenvalue weighted by molar-refractivity contribution is 0.310. The van der Waals surface area contributed by atoms with Gasteiger partial charge in [-0.2, -0.15) is 0 Å². The van der Waals surface area contributed by atoms with Gasteiger partial charge in [-0.15, -0.1) is 0 Å². The summed E-state index contributed by atoms with van der Waals surface area (Å²) in [5.74, 6) is 2.45. The first kappa shape index (κ1) is 22.3. The first-order chi connectivity index (χ1) is 13.5. The molecule has 1 saturated heterocycles. The Labute approximate surface area is 168 Å². The first-order valence-corrected chi connectivity index (χ1v) is 11.3. The Morgan fingerprint density at radius 1 is 1.25 bits per heavy atom. The van der Waals surface area contributed by atoms with E-state index in [-0.39, 0.29) is 5.75 Å². The molecule has 0 aliphatic carbocycles. The minimum atomic E-state index is -3.04. The van der Waals surface area contributed by atoms with E-state index >= 15 is 0 Å². The summed E-state index contributed by atoms with van der Waals surface area (Å²) >= 11 is 0. The molecule has 158 valence electrons. The van der Waals surface area contributed by atoms with Crippen LogP contribution in [0, 0.1) is 0 Å². The Hall–Kier alpha value is -2.00. The fraction of sp³-hybridized carbons (Fsp3) is 0.632. The summed E-state index contributed by atoms with van der Waals surface area (Å²) in [6.07, 6.45) is 2.55. The average Bonchev–Trinajstić information content (AvgIpc) is 3.02. The minimum Gasteiger partial charge on any atom is -0.493 e. The number of hydrogen-bond acceptors (Lipinski definition) is 5. The van der Waals surface area contributed by atoms with Gasteiger partial charge in [-0.1, -0.05) is 6.07 Å². The van der Waals surface area contributed by atoms with Crippen LogP contribution >= 0.6 is 0 Å². The molecule has 0 saturated carbocycles. The van der Waals surface area contributed by atoms with E-state index in [1.165, 1.54) is 9.87 Å². The number of methoxy groups -OCH3 is 1. The third kappa shape index (κ3) is 6.56. The zero-order valence-corrected chi connectivity index (χ0v) is 17.8. The number of rotatable bonds is 10. The first-order valence-electron chi connectivity index (χ1n) is 9.72. The lowest BCUT2D eigenvalue weighted by Crippen LogP contribution is -2.42. The molecule has 1 aliphatic heterocycles. The predicted molar refractivity (Wildman–Crippen MR) is 112 cm³/mol. The van der Waals surface area contributed by atoms with Crippen LogP contribution in [0.2, 0.25) is 0 Å². The van der Waals surface area contributed by atoms with E-state index in [2.05, 4.69) is 15.6 Å². The van der Waals surface area contributed by atoms with Gasteiger partial charge in [-0.25, -0.2) is 12.7 Å². The lowest BCUT2D eigenvalue weighted by atomic mass is 10.1. The van der Waals surface area contributed by atoms with Gasteiger partial charge in [0.25, 0.3) is 0 Å². The zero-order chi connectivity index (χ0) is 20.4. The minimum absolute atomic E-state index is 0.260. The van der Waals surface area contributed by atoms with E-state index in [9.17, 15) is 8.42 Å². The number of aryl methyl sites for hydroxylation is 1. The van der Waals surface area contributed by atoms with Crippen LogP contribution in [0.25, 0.3) is 0 Å². The summed E-state index contributed by atoms with van der Waals surface area (Å²) in [5.41, 5.74) is 1.19. The van der Waals surface area contributed by atoms with Gasteiger partial charge in [0, 0.05) is 33.2 Å². The van der Waals surface area contributed by atoms with Crippen molar-refractivity contribution in [1.29, 1.82) is 0 Å². The number of nitrogens with one attached hydrogen (secondary N) is 2. The number of sulfonamides is 1. The standard InChI is InChI=1S/C19H32N4O4S/c1-4-27-18-15-16(8-9-17(18)26-3)7-5-10-21-19(20-2)22-11-13-23-12-6-14-28(23,24)25/h8-9,15H,4-7,10-14H2,1-3H3,(H2,20,21,22). The maximum atomic E-state index is 11.8. The molecule has 1 fully saturated rings. The summed E-state index contributed by atoms with van der Waals surface area (Å²) in [4.78, 5) is 4.18. The highest BCUT2D eigenvalue weighted by atomic mass is 32.2. The highest BCUT2D eigenvalue weighted by Gasteiger charge is 2.27. The van der Waals surface area contributed by atoms with Crippen LogP contribution in [0.15, 0.2) is 23.2 Å². The molecule has 0 radical (unpaired) electrons. The molecular formula is C19H32N4O4S. The predicted octanol–water partition coefficient (Wildman–Crippen LogP) is 1.23. The van der Waals surface area contributed by atoms with Crippen molar-refractivity contribution in [2.75, 3.05) is 52.7 Å². The van der Waals surface area contributed by atoms with Gasteiger partial charge < -0.3 is 20.1 Å². The molecule has 1 aliphatic rings. The third-order valence-corrected chi connectivity index (χ3v) is 6.50.